The van der Waals surface area contributed by atoms with E-state index in [1.807, 2.05) is 14.0 Å². The first-order valence-corrected chi connectivity index (χ1v) is 6.72. The number of aromatic nitrogens is 1. The SMILES string of the molecule is CNc1nc(C)c(CCc2c(C)cc(C)cc2C)o1. The fourth-order valence-corrected chi connectivity index (χ4v) is 2.61. The Morgan fingerprint density at radius 1 is 1.05 bits per heavy atom. The zero-order valence-electron chi connectivity index (χ0n) is 12.4. The summed E-state index contributed by atoms with van der Waals surface area (Å²) in [5.41, 5.74) is 6.46. The van der Waals surface area contributed by atoms with Gasteiger partial charge in [0, 0.05) is 13.5 Å². The Hall–Kier alpha value is -1.77. The van der Waals surface area contributed by atoms with E-state index in [1.165, 1.54) is 22.3 Å². The van der Waals surface area contributed by atoms with E-state index >= 15 is 0 Å². The molecule has 1 aromatic carbocycles. The molecule has 0 fully saturated rings. The molecule has 1 heterocycles. The average Bonchev–Trinajstić information content (AvgIpc) is 2.69. The van der Waals surface area contributed by atoms with E-state index < -0.39 is 0 Å². The summed E-state index contributed by atoms with van der Waals surface area (Å²) in [6.45, 7) is 8.50. The van der Waals surface area contributed by atoms with Crippen molar-refractivity contribution in [3.63, 3.8) is 0 Å². The number of nitrogens with zero attached hydrogens (tertiary/aromatic N) is 1. The van der Waals surface area contributed by atoms with Gasteiger partial charge in [-0.2, -0.15) is 4.98 Å². The summed E-state index contributed by atoms with van der Waals surface area (Å²) >= 11 is 0. The topological polar surface area (TPSA) is 38.1 Å². The van der Waals surface area contributed by atoms with Crippen LogP contribution in [-0.4, -0.2) is 12.0 Å². The molecule has 0 aliphatic rings. The molecule has 2 rings (SSSR count). The van der Waals surface area contributed by atoms with Crippen molar-refractivity contribution in [3.8, 4) is 0 Å². The number of hydrogen-bond acceptors (Lipinski definition) is 3. The van der Waals surface area contributed by atoms with E-state index in [0.29, 0.717) is 6.01 Å². The zero-order valence-corrected chi connectivity index (χ0v) is 12.4. The summed E-state index contributed by atoms with van der Waals surface area (Å²) < 4.78 is 5.67. The molecule has 0 unspecified atom stereocenters. The number of aryl methyl sites for hydroxylation is 5. The molecule has 19 heavy (non-hydrogen) atoms. The van der Waals surface area contributed by atoms with Gasteiger partial charge in [0.2, 0.25) is 0 Å². The van der Waals surface area contributed by atoms with Gasteiger partial charge in [-0.3, -0.25) is 0 Å². The largest absolute Gasteiger partial charge is 0.428 e. The molecular weight excluding hydrogens is 236 g/mol. The summed E-state index contributed by atoms with van der Waals surface area (Å²) in [5, 5.41) is 2.94. The van der Waals surface area contributed by atoms with E-state index in [-0.39, 0.29) is 0 Å². The molecule has 0 atom stereocenters. The molecule has 3 heteroatoms. The quantitative estimate of drug-likeness (QED) is 0.908. The van der Waals surface area contributed by atoms with Gasteiger partial charge in [0.15, 0.2) is 0 Å². The van der Waals surface area contributed by atoms with Crippen molar-refractivity contribution in [2.75, 3.05) is 12.4 Å². The van der Waals surface area contributed by atoms with Crippen molar-refractivity contribution in [3.05, 3.63) is 45.8 Å². The Kier molecular flexibility index (Phi) is 3.93. The van der Waals surface area contributed by atoms with Crippen LogP contribution in [0.2, 0.25) is 0 Å². The number of nitrogens with one attached hydrogen (secondary N) is 1. The van der Waals surface area contributed by atoms with Gasteiger partial charge in [-0.15, -0.1) is 0 Å². The van der Waals surface area contributed by atoms with Crippen LogP contribution in [0.4, 0.5) is 6.01 Å². The van der Waals surface area contributed by atoms with Crippen LogP contribution in [0.3, 0.4) is 0 Å². The van der Waals surface area contributed by atoms with E-state index in [1.54, 1.807) is 0 Å². The Labute approximate surface area is 115 Å². The van der Waals surface area contributed by atoms with E-state index in [9.17, 15) is 0 Å². The van der Waals surface area contributed by atoms with Crippen molar-refractivity contribution in [1.29, 1.82) is 0 Å². The monoisotopic (exact) mass is 258 g/mol. The minimum absolute atomic E-state index is 0.602. The van der Waals surface area contributed by atoms with E-state index in [4.69, 9.17) is 4.42 Å². The highest BCUT2D eigenvalue weighted by Crippen LogP contribution is 2.21. The fraction of sp³-hybridized carbons (Fsp3) is 0.438. The summed E-state index contributed by atoms with van der Waals surface area (Å²) in [6.07, 6.45) is 1.89. The van der Waals surface area contributed by atoms with Crippen LogP contribution in [0.25, 0.3) is 0 Å². The normalized spacial score (nSPS) is 10.8. The molecule has 0 amide bonds. The first kappa shape index (κ1) is 13.7. The van der Waals surface area contributed by atoms with Gasteiger partial charge in [-0.05, 0) is 50.8 Å². The zero-order chi connectivity index (χ0) is 14.0. The predicted octanol–water partition coefficient (Wildman–Crippen LogP) is 3.74. The summed E-state index contributed by atoms with van der Waals surface area (Å²) in [5.74, 6) is 0.976. The summed E-state index contributed by atoms with van der Waals surface area (Å²) in [7, 11) is 1.82. The number of oxazole rings is 1. The highest BCUT2D eigenvalue weighted by atomic mass is 16.4. The maximum Gasteiger partial charge on any atom is 0.294 e. The molecule has 0 saturated heterocycles. The average molecular weight is 258 g/mol. The van der Waals surface area contributed by atoms with Crippen molar-refractivity contribution >= 4 is 6.01 Å². The lowest BCUT2D eigenvalue weighted by atomic mass is 9.95. The Balaban J connectivity index is 2.16. The molecule has 1 aromatic heterocycles. The third kappa shape index (κ3) is 2.98. The van der Waals surface area contributed by atoms with Crippen LogP contribution in [0.5, 0.6) is 0 Å². The number of benzene rings is 1. The minimum atomic E-state index is 0.602. The van der Waals surface area contributed by atoms with Gasteiger partial charge < -0.3 is 9.73 Å². The second-order valence-corrected chi connectivity index (χ2v) is 5.15. The van der Waals surface area contributed by atoms with Gasteiger partial charge >= 0.3 is 0 Å². The molecule has 0 radical (unpaired) electrons. The molecule has 2 aromatic rings. The molecule has 0 saturated carbocycles. The Morgan fingerprint density at radius 3 is 2.21 bits per heavy atom. The lowest BCUT2D eigenvalue weighted by Crippen LogP contribution is -1.98. The maximum absolute atomic E-state index is 5.67. The van der Waals surface area contributed by atoms with Crippen molar-refractivity contribution in [2.45, 2.75) is 40.5 Å². The van der Waals surface area contributed by atoms with Crippen molar-refractivity contribution in [2.24, 2.45) is 0 Å². The molecule has 3 nitrogen and oxygen atoms in total. The highest BCUT2D eigenvalue weighted by molar-refractivity contribution is 5.38. The lowest BCUT2D eigenvalue weighted by Gasteiger charge is -2.10. The van der Waals surface area contributed by atoms with E-state index in [2.05, 4.69) is 43.2 Å². The molecule has 0 bridgehead atoms. The van der Waals surface area contributed by atoms with Crippen LogP contribution < -0.4 is 5.32 Å². The molecule has 102 valence electrons. The standard InChI is InChI=1S/C16H22N2O/c1-10-8-11(2)14(12(3)9-10)6-7-15-13(4)18-16(17-5)19-15/h8-9H,6-7H2,1-5H3,(H,17,18). The number of rotatable bonds is 4. The van der Waals surface area contributed by atoms with Crippen LogP contribution >= 0.6 is 0 Å². The first-order valence-electron chi connectivity index (χ1n) is 6.72. The summed E-state index contributed by atoms with van der Waals surface area (Å²) in [4.78, 5) is 4.32. The molecule has 0 spiro atoms. The third-order valence-corrected chi connectivity index (χ3v) is 3.55. The Bertz CT molecular complexity index is 561. The van der Waals surface area contributed by atoms with Crippen LogP contribution in [0.1, 0.15) is 33.7 Å². The second-order valence-electron chi connectivity index (χ2n) is 5.15. The molecule has 0 aliphatic heterocycles. The molecule has 0 aliphatic carbocycles. The summed E-state index contributed by atoms with van der Waals surface area (Å²) in [6, 6.07) is 5.09. The van der Waals surface area contributed by atoms with Gasteiger partial charge in [0.05, 0.1) is 5.69 Å². The molecular formula is C16H22N2O. The highest BCUT2D eigenvalue weighted by Gasteiger charge is 2.10. The van der Waals surface area contributed by atoms with Gasteiger partial charge in [-0.1, -0.05) is 17.7 Å². The van der Waals surface area contributed by atoms with Gasteiger partial charge in [-0.25, -0.2) is 0 Å². The lowest BCUT2D eigenvalue weighted by molar-refractivity contribution is 0.515. The van der Waals surface area contributed by atoms with E-state index in [0.717, 1.165) is 24.3 Å². The molecule has 1 N–H and O–H groups in total. The van der Waals surface area contributed by atoms with Gasteiger partial charge in [0.25, 0.3) is 6.01 Å². The Morgan fingerprint density at radius 2 is 1.68 bits per heavy atom. The smallest absolute Gasteiger partial charge is 0.294 e. The fourth-order valence-electron chi connectivity index (χ4n) is 2.61. The second kappa shape index (κ2) is 5.47. The number of anilines is 1. The van der Waals surface area contributed by atoms with Crippen molar-refractivity contribution < 1.29 is 4.42 Å². The van der Waals surface area contributed by atoms with Crippen LogP contribution in [0.15, 0.2) is 16.5 Å². The van der Waals surface area contributed by atoms with Crippen LogP contribution in [-0.2, 0) is 12.8 Å². The maximum atomic E-state index is 5.67. The first-order chi connectivity index (χ1) is 9.01. The number of hydrogen-bond donors (Lipinski definition) is 1. The third-order valence-electron chi connectivity index (χ3n) is 3.55. The van der Waals surface area contributed by atoms with Crippen molar-refractivity contribution in [1.82, 2.24) is 4.98 Å². The van der Waals surface area contributed by atoms with Gasteiger partial charge in [0.1, 0.15) is 5.76 Å². The minimum Gasteiger partial charge on any atom is -0.428 e. The van der Waals surface area contributed by atoms with Crippen LogP contribution in [0, 0.1) is 27.7 Å². The predicted molar refractivity (Wildman–Crippen MR) is 78.8 cm³/mol.